The van der Waals surface area contributed by atoms with Crippen molar-refractivity contribution in [2.24, 2.45) is 5.73 Å². The van der Waals surface area contributed by atoms with Gasteiger partial charge in [0.2, 0.25) is 5.91 Å². The fraction of sp³-hybridized carbons (Fsp3) is 0.385. The average Bonchev–Trinajstić information content (AvgIpc) is 2.68. The van der Waals surface area contributed by atoms with Gasteiger partial charge in [-0.2, -0.15) is 0 Å². The highest BCUT2D eigenvalue weighted by molar-refractivity contribution is 9.10. The molecule has 0 saturated carbocycles. The van der Waals surface area contributed by atoms with Crippen LogP contribution in [0.25, 0.3) is 0 Å². The molecule has 2 N–H and O–H groups in total. The third-order valence-electron chi connectivity index (χ3n) is 2.90. The molecule has 1 aliphatic rings. The van der Waals surface area contributed by atoms with Gasteiger partial charge in [0, 0.05) is 23.5 Å². The molecule has 0 aromatic heterocycles. The number of nitrogens with zero attached hydrogens (tertiary/aromatic N) is 1. The maximum atomic E-state index is 12.0. The van der Waals surface area contributed by atoms with Gasteiger partial charge in [-0.25, -0.2) is 4.79 Å². The van der Waals surface area contributed by atoms with Crippen LogP contribution >= 0.6 is 15.9 Å². The summed E-state index contributed by atoms with van der Waals surface area (Å²) in [6.07, 6.45) is 0.304. The molecular formula is C13H15BrN2O3. The lowest BCUT2D eigenvalue weighted by atomic mass is 10.1. The average molecular weight is 327 g/mol. The zero-order valence-corrected chi connectivity index (χ0v) is 12.1. The first kappa shape index (κ1) is 14.0. The number of carbonyl (C=O) groups is 2. The molecule has 0 bridgehead atoms. The second-order valence-electron chi connectivity index (χ2n) is 4.35. The summed E-state index contributed by atoms with van der Waals surface area (Å²) in [6.45, 7) is 2.46. The van der Waals surface area contributed by atoms with Crippen LogP contribution in [0.5, 0.6) is 0 Å². The third kappa shape index (κ3) is 2.96. The predicted molar refractivity (Wildman–Crippen MR) is 75.0 cm³/mol. The van der Waals surface area contributed by atoms with E-state index in [1.54, 1.807) is 30.0 Å². The highest BCUT2D eigenvalue weighted by Crippen LogP contribution is 2.28. The van der Waals surface area contributed by atoms with E-state index in [9.17, 15) is 9.59 Å². The lowest BCUT2D eigenvalue weighted by Gasteiger charge is -2.19. The zero-order valence-electron chi connectivity index (χ0n) is 10.6. The third-order valence-corrected chi connectivity index (χ3v) is 3.39. The number of hydrogen-bond donors (Lipinski definition) is 1. The van der Waals surface area contributed by atoms with Crippen LogP contribution in [0.3, 0.4) is 0 Å². The highest BCUT2D eigenvalue weighted by Gasteiger charge is 2.31. The van der Waals surface area contributed by atoms with Crippen LogP contribution in [0, 0.1) is 0 Å². The minimum absolute atomic E-state index is 0.0691. The fourth-order valence-electron chi connectivity index (χ4n) is 2.08. The molecule has 0 radical (unpaired) electrons. The molecule has 1 aliphatic heterocycles. The summed E-state index contributed by atoms with van der Waals surface area (Å²) in [5, 5.41) is 0. The quantitative estimate of drug-likeness (QED) is 0.858. The number of halogens is 1. The molecular weight excluding hydrogens is 312 g/mol. The fourth-order valence-corrected chi connectivity index (χ4v) is 2.45. The summed E-state index contributed by atoms with van der Waals surface area (Å²) in [5.41, 5.74) is 6.71. The first-order chi connectivity index (χ1) is 9.02. The smallest absolute Gasteiger partial charge is 0.340 e. The van der Waals surface area contributed by atoms with Crippen LogP contribution < -0.4 is 10.6 Å². The Balaban J connectivity index is 2.39. The summed E-state index contributed by atoms with van der Waals surface area (Å²) >= 11 is 3.32. The molecule has 1 aromatic rings. The number of anilines is 1. The standard InChI is InChI=1S/C13H15BrN2O3/c1-2-19-13(18)10-5-8(14)3-4-11(10)16-7-9(15)6-12(16)17/h3-5,9H,2,6-7,15H2,1H3. The van der Waals surface area contributed by atoms with Crippen LogP contribution in [-0.2, 0) is 9.53 Å². The van der Waals surface area contributed by atoms with Crippen molar-refractivity contribution in [2.75, 3.05) is 18.1 Å². The Kier molecular flexibility index (Phi) is 4.21. The Morgan fingerprint density at radius 2 is 2.32 bits per heavy atom. The van der Waals surface area contributed by atoms with Gasteiger partial charge in [-0.15, -0.1) is 0 Å². The summed E-state index contributed by atoms with van der Waals surface area (Å²) in [6, 6.07) is 4.98. The van der Waals surface area contributed by atoms with Gasteiger partial charge in [0.15, 0.2) is 0 Å². The number of nitrogens with two attached hydrogens (primary N) is 1. The second kappa shape index (κ2) is 5.71. The molecule has 1 aromatic carbocycles. The van der Waals surface area contributed by atoms with Crippen molar-refractivity contribution in [1.29, 1.82) is 0 Å². The highest BCUT2D eigenvalue weighted by atomic mass is 79.9. The first-order valence-electron chi connectivity index (χ1n) is 6.05. The summed E-state index contributed by atoms with van der Waals surface area (Å²) in [4.78, 5) is 25.4. The maximum absolute atomic E-state index is 12.0. The Morgan fingerprint density at radius 1 is 1.58 bits per heavy atom. The van der Waals surface area contributed by atoms with E-state index < -0.39 is 5.97 Å². The molecule has 1 amide bonds. The molecule has 0 spiro atoms. The number of hydrogen-bond acceptors (Lipinski definition) is 4. The van der Waals surface area contributed by atoms with E-state index >= 15 is 0 Å². The lowest BCUT2D eigenvalue weighted by Crippen LogP contribution is -2.29. The largest absolute Gasteiger partial charge is 0.462 e. The number of esters is 1. The first-order valence-corrected chi connectivity index (χ1v) is 6.84. The van der Waals surface area contributed by atoms with Gasteiger partial charge in [-0.05, 0) is 25.1 Å². The van der Waals surface area contributed by atoms with E-state index in [1.165, 1.54) is 0 Å². The Bertz CT molecular complexity index is 519. The molecule has 1 atom stereocenters. The minimum atomic E-state index is -0.438. The molecule has 1 saturated heterocycles. The van der Waals surface area contributed by atoms with Gasteiger partial charge in [-0.3, -0.25) is 4.79 Å². The van der Waals surface area contributed by atoms with Crippen molar-refractivity contribution >= 4 is 33.5 Å². The van der Waals surface area contributed by atoms with E-state index in [1.807, 2.05) is 0 Å². The van der Waals surface area contributed by atoms with Crippen molar-refractivity contribution < 1.29 is 14.3 Å². The van der Waals surface area contributed by atoms with E-state index in [4.69, 9.17) is 10.5 Å². The Labute approximate surface area is 119 Å². The molecule has 2 rings (SSSR count). The molecule has 102 valence electrons. The normalized spacial score (nSPS) is 18.8. The van der Waals surface area contributed by atoms with Gasteiger partial charge in [0.1, 0.15) is 0 Å². The molecule has 1 unspecified atom stereocenters. The SMILES string of the molecule is CCOC(=O)c1cc(Br)ccc1N1CC(N)CC1=O. The zero-order chi connectivity index (χ0) is 14.0. The van der Waals surface area contributed by atoms with E-state index in [0.29, 0.717) is 24.2 Å². The predicted octanol–water partition coefficient (Wildman–Crippen LogP) is 1.69. The van der Waals surface area contributed by atoms with Crippen molar-refractivity contribution in [3.05, 3.63) is 28.2 Å². The van der Waals surface area contributed by atoms with E-state index in [0.717, 1.165) is 4.47 Å². The Hall–Kier alpha value is -1.40. The van der Waals surface area contributed by atoms with E-state index in [2.05, 4.69) is 15.9 Å². The summed E-state index contributed by atoms with van der Waals surface area (Å²) in [7, 11) is 0. The van der Waals surface area contributed by atoms with Gasteiger partial charge in [0.25, 0.3) is 0 Å². The number of rotatable bonds is 3. The molecule has 19 heavy (non-hydrogen) atoms. The molecule has 5 nitrogen and oxygen atoms in total. The number of carbonyl (C=O) groups excluding carboxylic acids is 2. The Morgan fingerprint density at radius 3 is 2.89 bits per heavy atom. The topological polar surface area (TPSA) is 72.6 Å². The van der Waals surface area contributed by atoms with Gasteiger partial charge in [0.05, 0.1) is 17.9 Å². The van der Waals surface area contributed by atoms with Crippen molar-refractivity contribution in [1.82, 2.24) is 0 Å². The van der Waals surface area contributed by atoms with Crippen molar-refractivity contribution in [2.45, 2.75) is 19.4 Å². The van der Waals surface area contributed by atoms with Crippen molar-refractivity contribution in [3.8, 4) is 0 Å². The van der Waals surface area contributed by atoms with Gasteiger partial charge < -0.3 is 15.4 Å². The maximum Gasteiger partial charge on any atom is 0.340 e. The van der Waals surface area contributed by atoms with Crippen molar-refractivity contribution in [3.63, 3.8) is 0 Å². The van der Waals surface area contributed by atoms with Gasteiger partial charge in [-0.1, -0.05) is 15.9 Å². The summed E-state index contributed by atoms with van der Waals surface area (Å²) in [5.74, 6) is -0.507. The summed E-state index contributed by atoms with van der Waals surface area (Å²) < 4.78 is 5.78. The molecule has 0 aliphatic carbocycles. The van der Waals surface area contributed by atoms with Crippen LogP contribution in [0.2, 0.25) is 0 Å². The molecule has 1 fully saturated rings. The molecule has 6 heteroatoms. The van der Waals surface area contributed by atoms with Crippen LogP contribution in [-0.4, -0.2) is 31.1 Å². The number of ether oxygens (including phenoxy) is 1. The van der Waals surface area contributed by atoms with E-state index in [-0.39, 0.29) is 18.6 Å². The van der Waals surface area contributed by atoms with Crippen LogP contribution in [0.1, 0.15) is 23.7 Å². The molecule has 1 heterocycles. The second-order valence-corrected chi connectivity index (χ2v) is 5.27. The monoisotopic (exact) mass is 326 g/mol. The number of amides is 1. The van der Waals surface area contributed by atoms with Gasteiger partial charge >= 0.3 is 5.97 Å². The minimum Gasteiger partial charge on any atom is -0.462 e. The van der Waals surface area contributed by atoms with Crippen LogP contribution in [0.4, 0.5) is 5.69 Å². The lowest BCUT2D eigenvalue weighted by molar-refractivity contribution is -0.117. The van der Waals surface area contributed by atoms with Crippen LogP contribution in [0.15, 0.2) is 22.7 Å². The number of benzene rings is 1.